The number of hydrogen-bond acceptors (Lipinski definition) is 3. The van der Waals surface area contributed by atoms with Crippen LogP contribution in [-0.4, -0.2) is 16.8 Å². The molecular formula is C10H8Cl2N2OS. The zero-order chi connectivity index (χ0) is 11.5. The molecule has 0 radical (unpaired) electrons. The minimum Gasteiger partial charge on any atom is -0.349 e. The number of aromatic nitrogens is 1. The van der Waals surface area contributed by atoms with Crippen molar-refractivity contribution in [2.45, 2.75) is 6.54 Å². The van der Waals surface area contributed by atoms with Crippen LogP contribution in [0, 0.1) is 0 Å². The standard InChI is InChI=1S/C10H8Cl2N2OS/c11-4-9(15)13-5-10-14-7-3-6(12)1-2-8(7)16-10/h1-3H,4-5H2,(H,13,15). The zero-order valence-electron chi connectivity index (χ0n) is 8.17. The third kappa shape index (κ3) is 2.64. The van der Waals surface area contributed by atoms with Gasteiger partial charge in [-0.05, 0) is 18.2 Å². The summed E-state index contributed by atoms with van der Waals surface area (Å²) in [6, 6.07) is 5.55. The maximum atomic E-state index is 11.0. The SMILES string of the molecule is O=C(CCl)NCc1nc2cc(Cl)ccc2s1. The van der Waals surface area contributed by atoms with Crippen LogP contribution in [-0.2, 0) is 11.3 Å². The maximum Gasteiger partial charge on any atom is 0.235 e. The summed E-state index contributed by atoms with van der Waals surface area (Å²) >= 11 is 12.8. The molecule has 84 valence electrons. The van der Waals surface area contributed by atoms with Crippen LogP contribution in [0.3, 0.4) is 0 Å². The van der Waals surface area contributed by atoms with Gasteiger partial charge < -0.3 is 5.32 Å². The first-order chi connectivity index (χ1) is 7.69. The number of nitrogens with one attached hydrogen (secondary N) is 1. The lowest BCUT2D eigenvalue weighted by molar-refractivity contribution is -0.118. The van der Waals surface area contributed by atoms with Crippen LogP contribution in [0.2, 0.25) is 5.02 Å². The van der Waals surface area contributed by atoms with Gasteiger partial charge in [0.25, 0.3) is 0 Å². The average molecular weight is 275 g/mol. The van der Waals surface area contributed by atoms with Gasteiger partial charge in [0.2, 0.25) is 5.91 Å². The van der Waals surface area contributed by atoms with Gasteiger partial charge >= 0.3 is 0 Å². The second kappa shape index (κ2) is 4.99. The van der Waals surface area contributed by atoms with Crippen molar-refractivity contribution < 1.29 is 4.79 Å². The number of thiazole rings is 1. The van der Waals surface area contributed by atoms with Gasteiger partial charge in [-0.2, -0.15) is 0 Å². The molecule has 1 heterocycles. The summed E-state index contributed by atoms with van der Waals surface area (Å²) in [4.78, 5) is 15.3. The van der Waals surface area contributed by atoms with E-state index in [1.54, 1.807) is 6.07 Å². The van der Waals surface area contributed by atoms with E-state index < -0.39 is 0 Å². The Balaban J connectivity index is 2.16. The van der Waals surface area contributed by atoms with E-state index in [9.17, 15) is 4.79 Å². The Morgan fingerprint density at radius 2 is 2.31 bits per heavy atom. The van der Waals surface area contributed by atoms with Crippen LogP contribution in [0.4, 0.5) is 0 Å². The number of fused-ring (bicyclic) bond motifs is 1. The van der Waals surface area contributed by atoms with E-state index in [0.29, 0.717) is 11.6 Å². The zero-order valence-corrected chi connectivity index (χ0v) is 10.5. The van der Waals surface area contributed by atoms with Crippen LogP contribution in [0.15, 0.2) is 18.2 Å². The number of halogens is 2. The lowest BCUT2D eigenvalue weighted by Crippen LogP contribution is -2.23. The minimum atomic E-state index is -0.195. The monoisotopic (exact) mass is 274 g/mol. The molecule has 0 unspecified atom stereocenters. The molecule has 1 amide bonds. The van der Waals surface area contributed by atoms with Gasteiger partial charge in [-0.3, -0.25) is 4.79 Å². The Morgan fingerprint density at radius 1 is 1.50 bits per heavy atom. The predicted molar refractivity (Wildman–Crippen MR) is 67.2 cm³/mol. The van der Waals surface area contributed by atoms with Crippen LogP contribution >= 0.6 is 34.5 Å². The molecule has 3 nitrogen and oxygen atoms in total. The molecule has 0 saturated heterocycles. The van der Waals surface area contributed by atoms with E-state index in [-0.39, 0.29) is 11.8 Å². The Bertz CT molecular complexity index is 527. The van der Waals surface area contributed by atoms with E-state index in [2.05, 4.69) is 10.3 Å². The highest BCUT2D eigenvalue weighted by Gasteiger charge is 2.05. The van der Waals surface area contributed by atoms with Gasteiger partial charge in [0.1, 0.15) is 10.9 Å². The smallest absolute Gasteiger partial charge is 0.235 e. The van der Waals surface area contributed by atoms with Gasteiger partial charge in [0.05, 0.1) is 16.8 Å². The highest BCUT2D eigenvalue weighted by molar-refractivity contribution is 7.18. The number of nitrogens with zero attached hydrogens (tertiary/aromatic N) is 1. The highest BCUT2D eigenvalue weighted by atomic mass is 35.5. The normalized spacial score (nSPS) is 10.6. The lowest BCUT2D eigenvalue weighted by Gasteiger charge is -1.97. The van der Waals surface area contributed by atoms with Gasteiger partial charge in [-0.25, -0.2) is 4.98 Å². The van der Waals surface area contributed by atoms with Crippen molar-refractivity contribution in [2.75, 3.05) is 5.88 Å². The van der Waals surface area contributed by atoms with Crippen LogP contribution in [0.1, 0.15) is 5.01 Å². The fourth-order valence-electron chi connectivity index (χ4n) is 1.25. The number of rotatable bonds is 3. The molecule has 0 bridgehead atoms. The molecular weight excluding hydrogens is 267 g/mol. The summed E-state index contributed by atoms with van der Waals surface area (Å²) < 4.78 is 1.06. The van der Waals surface area contributed by atoms with Crippen molar-refractivity contribution in [2.24, 2.45) is 0 Å². The molecule has 1 N–H and O–H groups in total. The fourth-order valence-corrected chi connectivity index (χ4v) is 2.39. The van der Waals surface area contributed by atoms with Crippen molar-refractivity contribution >= 4 is 50.7 Å². The van der Waals surface area contributed by atoms with Crippen molar-refractivity contribution in [1.29, 1.82) is 0 Å². The van der Waals surface area contributed by atoms with Gasteiger partial charge in [-0.1, -0.05) is 11.6 Å². The summed E-state index contributed by atoms with van der Waals surface area (Å²) in [5.41, 5.74) is 0.854. The van der Waals surface area contributed by atoms with Gasteiger partial charge in [0.15, 0.2) is 0 Å². The Kier molecular flexibility index (Phi) is 3.63. The summed E-state index contributed by atoms with van der Waals surface area (Å²) in [5, 5.41) is 4.17. The number of carbonyl (C=O) groups excluding carboxylic acids is 1. The molecule has 0 spiro atoms. The Morgan fingerprint density at radius 3 is 3.06 bits per heavy atom. The fraction of sp³-hybridized carbons (Fsp3) is 0.200. The second-order valence-electron chi connectivity index (χ2n) is 3.13. The molecule has 0 aliphatic rings. The first-order valence-electron chi connectivity index (χ1n) is 4.56. The predicted octanol–water partition coefficient (Wildman–Crippen LogP) is 2.80. The Hall–Kier alpha value is -0.840. The number of alkyl halides is 1. The number of amides is 1. The average Bonchev–Trinajstić information content (AvgIpc) is 2.67. The van der Waals surface area contributed by atoms with E-state index in [4.69, 9.17) is 23.2 Å². The first-order valence-corrected chi connectivity index (χ1v) is 6.29. The summed E-state index contributed by atoms with van der Waals surface area (Å²) in [6.45, 7) is 0.405. The minimum absolute atomic E-state index is 0.0310. The molecule has 0 fully saturated rings. The van der Waals surface area contributed by atoms with Crippen molar-refractivity contribution in [3.63, 3.8) is 0 Å². The molecule has 1 aromatic carbocycles. The number of carbonyl (C=O) groups is 1. The summed E-state index contributed by atoms with van der Waals surface area (Å²) in [5.74, 6) is -0.226. The first kappa shape index (κ1) is 11.6. The topological polar surface area (TPSA) is 42.0 Å². The molecule has 0 saturated carbocycles. The van der Waals surface area contributed by atoms with Crippen molar-refractivity contribution in [3.05, 3.63) is 28.2 Å². The van der Waals surface area contributed by atoms with Crippen LogP contribution < -0.4 is 5.32 Å². The third-order valence-corrected chi connectivity index (χ3v) is 3.47. The van der Waals surface area contributed by atoms with Gasteiger partial charge in [-0.15, -0.1) is 22.9 Å². The van der Waals surface area contributed by atoms with E-state index in [1.165, 1.54) is 11.3 Å². The lowest BCUT2D eigenvalue weighted by atomic mass is 10.3. The maximum absolute atomic E-state index is 11.0. The molecule has 0 aliphatic heterocycles. The number of benzene rings is 1. The quantitative estimate of drug-likeness (QED) is 0.875. The molecule has 0 aliphatic carbocycles. The van der Waals surface area contributed by atoms with Gasteiger partial charge in [0, 0.05) is 5.02 Å². The molecule has 6 heteroatoms. The molecule has 2 aromatic rings. The van der Waals surface area contributed by atoms with Crippen molar-refractivity contribution in [3.8, 4) is 0 Å². The van der Waals surface area contributed by atoms with Crippen LogP contribution in [0.25, 0.3) is 10.2 Å². The Labute approximate surface area is 106 Å². The molecule has 2 rings (SSSR count). The molecule has 1 aromatic heterocycles. The van der Waals surface area contributed by atoms with E-state index >= 15 is 0 Å². The van der Waals surface area contributed by atoms with E-state index in [0.717, 1.165) is 15.2 Å². The second-order valence-corrected chi connectivity index (χ2v) is 4.95. The highest BCUT2D eigenvalue weighted by Crippen LogP contribution is 2.24. The third-order valence-electron chi connectivity index (χ3n) is 1.95. The largest absolute Gasteiger partial charge is 0.349 e. The van der Waals surface area contributed by atoms with Crippen LogP contribution in [0.5, 0.6) is 0 Å². The molecule has 16 heavy (non-hydrogen) atoms. The van der Waals surface area contributed by atoms with Crippen molar-refractivity contribution in [1.82, 2.24) is 10.3 Å². The summed E-state index contributed by atoms with van der Waals surface area (Å²) in [6.07, 6.45) is 0. The number of hydrogen-bond donors (Lipinski definition) is 1. The van der Waals surface area contributed by atoms with E-state index in [1.807, 2.05) is 12.1 Å². The summed E-state index contributed by atoms with van der Waals surface area (Å²) in [7, 11) is 0. The molecule has 0 atom stereocenters.